The third-order valence-electron chi connectivity index (χ3n) is 3.29. The van der Waals surface area contributed by atoms with E-state index in [2.05, 4.69) is 33.0 Å². The Morgan fingerprint density at radius 1 is 0.818 bits per heavy atom. The molecule has 2 rings (SSSR count). The minimum Gasteiger partial charge on any atom is -0.518 e. The normalized spacial score (nSPS) is 25.4. The summed E-state index contributed by atoms with van der Waals surface area (Å²) in [7, 11) is 0. The van der Waals surface area contributed by atoms with Crippen molar-refractivity contribution in [1.82, 2.24) is 5.32 Å². The van der Waals surface area contributed by atoms with Gasteiger partial charge in [0, 0.05) is 50.3 Å². The third-order valence-corrected chi connectivity index (χ3v) is 3.29. The molecule has 2 heterocycles. The number of nitrogens with one attached hydrogen (secondary N) is 1. The number of hydrogen-bond donors (Lipinski definition) is 3. The van der Waals surface area contributed by atoms with E-state index in [4.69, 9.17) is 28.8 Å². The van der Waals surface area contributed by atoms with E-state index in [1.807, 2.05) is 0 Å². The summed E-state index contributed by atoms with van der Waals surface area (Å²) in [5, 5.41) is 19.1. The monoisotopic (exact) mass is 321 g/mol. The van der Waals surface area contributed by atoms with Gasteiger partial charge < -0.3 is 34.1 Å². The molecule has 132 valence electrons. The summed E-state index contributed by atoms with van der Waals surface area (Å²) in [5.41, 5.74) is 0.0966. The lowest BCUT2D eigenvalue weighted by Crippen LogP contribution is -2.61. The molecule has 0 aliphatic carbocycles. The van der Waals surface area contributed by atoms with Gasteiger partial charge in [-0.2, -0.15) is 0 Å². The summed E-state index contributed by atoms with van der Waals surface area (Å²) < 4.78 is 22.4. The van der Waals surface area contributed by atoms with Crippen molar-refractivity contribution in [2.75, 3.05) is 52.7 Å². The Labute approximate surface area is 134 Å². The average Bonchev–Trinajstić information content (AvgIpc) is 2.47. The fourth-order valence-corrected chi connectivity index (χ4v) is 1.97. The third kappa shape index (κ3) is 6.91. The average molecular weight is 321 g/mol. The summed E-state index contributed by atoms with van der Waals surface area (Å²) >= 11 is 0. The van der Waals surface area contributed by atoms with Crippen LogP contribution in [0.25, 0.3) is 0 Å². The molecule has 7 nitrogen and oxygen atoms in total. The van der Waals surface area contributed by atoms with Crippen LogP contribution in [-0.2, 0) is 18.6 Å². The van der Waals surface area contributed by atoms with Crippen molar-refractivity contribution in [3.8, 4) is 0 Å². The van der Waals surface area contributed by atoms with Gasteiger partial charge in [-0.1, -0.05) is 27.7 Å². The zero-order valence-corrected chi connectivity index (χ0v) is 14.3. The predicted molar refractivity (Wildman–Crippen MR) is 85.3 cm³/mol. The van der Waals surface area contributed by atoms with E-state index < -0.39 is 6.96 Å². The Morgan fingerprint density at radius 2 is 1.14 bits per heavy atom. The van der Waals surface area contributed by atoms with Gasteiger partial charge in [0.25, 0.3) is 0 Å². The van der Waals surface area contributed by atoms with Gasteiger partial charge in [-0.15, -0.1) is 0 Å². The van der Waals surface area contributed by atoms with Crippen LogP contribution >= 0.6 is 0 Å². The summed E-state index contributed by atoms with van der Waals surface area (Å²) in [5.74, 6) is 0. The highest BCUT2D eigenvalue weighted by molar-refractivity contribution is 6.53. The lowest BCUT2D eigenvalue weighted by molar-refractivity contribution is -0.146. The van der Waals surface area contributed by atoms with E-state index in [9.17, 15) is 0 Å². The Bertz CT molecular complexity index is 279. The van der Waals surface area contributed by atoms with Crippen molar-refractivity contribution >= 4 is 6.96 Å². The molecular weight excluding hydrogens is 289 g/mol. The second-order valence-electron chi connectivity index (χ2n) is 7.35. The first kappa shape index (κ1) is 19.8. The van der Waals surface area contributed by atoms with E-state index in [0.29, 0.717) is 39.5 Å². The summed E-state index contributed by atoms with van der Waals surface area (Å²) in [4.78, 5) is 0. The van der Waals surface area contributed by atoms with Gasteiger partial charge in [0.05, 0.1) is 13.2 Å². The second-order valence-corrected chi connectivity index (χ2v) is 7.35. The van der Waals surface area contributed by atoms with Crippen molar-refractivity contribution in [2.45, 2.75) is 27.7 Å². The van der Waals surface area contributed by atoms with Crippen molar-refractivity contribution < 1.29 is 30.3 Å². The van der Waals surface area contributed by atoms with Gasteiger partial charge in [-0.25, -0.2) is 0 Å². The quantitative estimate of drug-likeness (QED) is 0.505. The van der Waals surface area contributed by atoms with Crippen molar-refractivity contribution in [1.29, 1.82) is 0 Å². The molecule has 2 saturated heterocycles. The lowest BCUT2D eigenvalue weighted by atomic mass is 9.86. The number of hydrogen-bond acceptors (Lipinski definition) is 7. The summed E-state index contributed by atoms with van der Waals surface area (Å²) in [6.45, 7) is 10.4. The first-order valence-electron chi connectivity index (χ1n) is 7.85. The number of rotatable bonds is 4. The van der Waals surface area contributed by atoms with Gasteiger partial charge >= 0.3 is 8.38 Å². The van der Waals surface area contributed by atoms with Crippen LogP contribution in [0.2, 0.25) is 0 Å². The molecule has 0 aromatic heterocycles. The van der Waals surface area contributed by atoms with Crippen molar-refractivity contribution in [3.63, 3.8) is 0 Å². The molecule has 3 N–H and O–H groups in total. The molecule has 1 spiro atoms. The van der Waals surface area contributed by atoms with Crippen LogP contribution in [0.4, 0.5) is 0 Å². The van der Waals surface area contributed by atoms with Crippen LogP contribution in [0.3, 0.4) is 0 Å². The largest absolute Gasteiger partial charge is 1.00 e. The first-order chi connectivity index (χ1) is 10.2. The van der Waals surface area contributed by atoms with E-state index in [-0.39, 0.29) is 25.5 Å². The van der Waals surface area contributed by atoms with Crippen LogP contribution < -0.4 is 5.32 Å². The van der Waals surface area contributed by atoms with Crippen LogP contribution in [0.5, 0.6) is 0 Å². The van der Waals surface area contributed by atoms with Crippen LogP contribution in [0, 0.1) is 10.8 Å². The molecule has 8 heteroatoms. The fraction of sp³-hybridized carbons (Fsp3) is 1.00. The maximum atomic E-state index is 8.15. The van der Waals surface area contributed by atoms with E-state index in [1.54, 1.807) is 0 Å². The van der Waals surface area contributed by atoms with E-state index in [1.165, 1.54) is 0 Å². The van der Waals surface area contributed by atoms with Gasteiger partial charge in [0.15, 0.2) is 0 Å². The van der Waals surface area contributed by atoms with E-state index >= 15 is 0 Å². The van der Waals surface area contributed by atoms with Crippen LogP contribution in [-0.4, -0.2) is 69.9 Å². The maximum absolute atomic E-state index is 8.15. The molecule has 0 amide bonds. The lowest BCUT2D eigenvalue weighted by Gasteiger charge is -2.54. The molecule has 0 atom stereocenters. The minimum atomic E-state index is -1.91. The highest BCUT2D eigenvalue weighted by Crippen LogP contribution is 2.33. The first-order valence-corrected chi connectivity index (χ1v) is 7.85. The number of aliphatic hydroxyl groups excluding tert-OH is 2. The number of aliphatic hydroxyl groups is 2. The highest BCUT2D eigenvalue weighted by atomic mass is 16.9. The standard InChI is InChI=1S/C10H20BO4.C4H11NO2/c1-9(2)5-12-11(13-6-9)14-7-10(3,4)8-15-11;6-3-1-5-2-4-7/h5-8H2,1-4H3;5-7H,1-4H2/q-1;/p+1. The molecule has 22 heavy (non-hydrogen) atoms. The topological polar surface area (TPSA) is 89.4 Å². The molecule has 0 aromatic carbocycles. The van der Waals surface area contributed by atoms with Gasteiger partial charge in [-0.05, 0) is 0 Å². The Balaban J connectivity index is 0.000000522. The summed E-state index contributed by atoms with van der Waals surface area (Å²) in [6, 6.07) is 0. The molecule has 0 saturated carbocycles. The molecule has 0 aromatic rings. The zero-order chi connectivity index (χ0) is 16.7. The molecule has 2 aliphatic rings. The highest BCUT2D eigenvalue weighted by Gasteiger charge is 2.44. The van der Waals surface area contributed by atoms with Crippen molar-refractivity contribution in [2.24, 2.45) is 10.8 Å². The Hall–Kier alpha value is -0.215. The Kier molecular flexibility index (Phi) is 7.74. The molecule has 2 aliphatic heterocycles. The van der Waals surface area contributed by atoms with Crippen LogP contribution in [0.1, 0.15) is 29.1 Å². The second kappa shape index (κ2) is 8.59. The fourth-order valence-electron chi connectivity index (χ4n) is 1.97. The maximum Gasteiger partial charge on any atom is 1.00 e. The zero-order valence-electron chi connectivity index (χ0n) is 15.3. The molecule has 0 bridgehead atoms. The smallest absolute Gasteiger partial charge is 0.518 e. The van der Waals surface area contributed by atoms with E-state index in [0.717, 1.165) is 0 Å². The van der Waals surface area contributed by atoms with Gasteiger partial charge in [0.2, 0.25) is 0 Å². The SMILES string of the molecule is CC1(C)CO[B-]2(OC1)OCC(C)(C)CO2.OCCNCCO.[H+]. The molecule has 0 radical (unpaired) electrons. The minimum absolute atomic E-state index is 0. The van der Waals surface area contributed by atoms with Crippen LogP contribution in [0.15, 0.2) is 0 Å². The van der Waals surface area contributed by atoms with Crippen molar-refractivity contribution in [3.05, 3.63) is 0 Å². The molecular formula is C14H32BNO6. The van der Waals surface area contributed by atoms with Gasteiger partial charge in [0.1, 0.15) is 0 Å². The molecule has 2 fully saturated rings. The Morgan fingerprint density at radius 3 is 1.41 bits per heavy atom. The molecule has 0 unspecified atom stereocenters. The van der Waals surface area contributed by atoms with Gasteiger partial charge in [-0.3, -0.25) is 0 Å². The predicted octanol–water partition coefficient (Wildman–Crippen LogP) is 0.241. The summed E-state index contributed by atoms with van der Waals surface area (Å²) in [6.07, 6.45) is 0.